The van der Waals surface area contributed by atoms with Crippen LogP contribution in [0.15, 0.2) is 6.07 Å². The van der Waals surface area contributed by atoms with Crippen molar-refractivity contribution >= 4 is 5.82 Å². The van der Waals surface area contributed by atoms with Gasteiger partial charge in [0, 0.05) is 19.7 Å². The standard InChI is InChI=1S/C13H21N3O2/c1-3-4-7-18-12-9-11(14-2)15-13(16-12)10-6-5-8-17-10/h9-10H,3-8H2,1-2H3,(H,14,15,16). The molecular weight excluding hydrogens is 230 g/mol. The van der Waals surface area contributed by atoms with Gasteiger partial charge in [0.1, 0.15) is 11.9 Å². The van der Waals surface area contributed by atoms with Crippen LogP contribution in [-0.2, 0) is 4.74 Å². The first-order valence-electron chi connectivity index (χ1n) is 6.64. The minimum atomic E-state index is 0.0202. The average Bonchev–Trinajstić information content (AvgIpc) is 2.92. The van der Waals surface area contributed by atoms with Crippen molar-refractivity contribution in [2.24, 2.45) is 0 Å². The summed E-state index contributed by atoms with van der Waals surface area (Å²) < 4.78 is 11.3. The lowest BCUT2D eigenvalue weighted by Crippen LogP contribution is -2.08. The van der Waals surface area contributed by atoms with Crippen LogP contribution in [0, 0.1) is 0 Å². The summed E-state index contributed by atoms with van der Waals surface area (Å²) in [5.74, 6) is 2.14. The molecule has 0 spiro atoms. The van der Waals surface area contributed by atoms with Crippen LogP contribution in [0.5, 0.6) is 5.88 Å². The Morgan fingerprint density at radius 3 is 3.06 bits per heavy atom. The second-order valence-corrected chi connectivity index (χ2v) is 4.40. The van der Waals surface area contributed by atoms with Gasteiger partial charge < -0.3 is 14.8 Å². The lowest BCUT2D eigenvalue weighted by atomic mass is 10.2. The van der Waals surface area contributed by atoms with Gasteiger partial charge in [-0.1, -0.05) is 13.3 Å². The van der Waals surface area contributed by atoms with Gasteiger partial charge in [0.25, 0.3) is 0 Å². The van der Waals surface area contributed by atoms with Crippen molar-refractivity contribution in [2.45, 2.75) is 38.7 Å². The Balaban J connectivity index is 2.10. The number of rotatable bonds is 6. The van der Waals surface area contributed by atoms with E-state index in [9.17, 15) is 0 Å². The summed E-state index contributed by atoms with van der Waals surface area (Å²) >= 11 is 0. The predicted octanol–water partition coefficient (Wildman–Crippen LogP) is 2.55. The first kappa shape index (κ1) is 13.1. The normalized spacial score (nSPS) is 18.9. The molecule has 0 radical (unpaired) electrons. The summed E-state index contributed by atoms with van der Waals surface area (Å²) in [4.78, 5) is 8.87. The van der Waals surface area contributed by atoms with Crippen LogP contribution in [0.3, 0.4) is 0 Å². The highest BCUT2D eigenvalue weighted by atomic mass is 16.5. The molecule has 18 heavy (non-hydrogen) atoms. The van der Waals surface area contributed by atoms with E-state index in [0.29, 0.717) is 12.5 Å². The molecule has 0 saturated carbocycles. The van der Waals surface area contributed by atoms with Crippen LogP contribution < -0.4 is 10.1 Å². The van der Waals surface area contributed by atoms with Crippen molar-refractivity contribution in [3.8, 4) is 5.88 Å². The molecule has 0 bridgehead atoms. The maximum Gasteiger partial charge on any atom is 0.218 e. The zero-order valence-electron chi connectivity index (χ0n) is 11.1. The van der Waals surface area contributed by atoms with Gasteiger partial charge in [0.15, 0.2) is 5.82 Å². The molecule has 5 heteroatoms. The van der Waals surface area contributed by atoms with Gasteiger partial charge in [0.2, 0.25) is 5.88 Å². The minimum absolute atomic E-state index is 0.0202. The molecule has 0 aromatic carbocycles. The second kappa shape index (κ2) is 6.54. The van der Waals surface area contributed by atoms with E-state index in [0.717, 1.165) is 43.9 Å². The largest absolute Gasteiger partial charge is 0.478 e. The maximum absolute atomic E-state index is 5.64. The predicted molar refractivity (Wildman–Crippen MR) is 69.9 cm³/mol. The van der Waals surface area contributed by atoms with Crippen molar-refractivity contribution in [3.63, 3.8) is 0 Å². The molecule has 0 amide bonds. The highest BCUT2D eigenvalue weighted by Gasteiger charge is 2.21. The van der Waals surface area contributed by atoms with Gasteiger partial charge in [-0.15, -0.1) is 0 Å². The molecule has 1 aromatic rings. The van der Waals surface area contributed by atoms with Gasteiger partial charge in [-0.25, -0.2) is 4.98 Å². The zero-order valence-corrected chi connectivity index (χ0v) is 11.1. The molecule has 1 aromatic heterocycles. The number of anilines is 1. The third-order valence-corrected chi connectivity index (χ3v) is 2.94. The van der Waals surface area contributed by atoms with E-state index in [-0.39, 0.29) is 6.10 Å². The molecule has 1 unspecified atom stereocenters. The van der Waals surface area contributed by atoms with Crippen LogP contribution >= 0.6 is 0 Å². The highest BCUT2D eigenvalue weighted by Crippen LogP contribution is 2.28. The zero-order chi connectivity index (χ0) is 12.8. The van der Waals surface area contributed by atoms with Gasteiger partial charge in [0.05, 0.1) is 6.61 Å². The molecule has 1 atom stereocenters. The van der Waals surface area contributed by atoms with E-state index in [1.807, 2.05) is 13.1 Å². The lowest BCUT2D eigenvalue weighted by Gasteiger charge is -2.12. The van der Waals surface area contributed by atoms with E-state index >= 15 is 0 Å². The fourth-order valence-corrected chi connectivity index (χ4v) is 1.89. The van der Waals surface area contributed by atoms with Crippen molar-refractivity contribution in [1.82, 2.24) is 9.97 Å². The summed E-state index contributed by atoms with van der Waals surface area (Å²) in [6.45, 7) is 3.63. The topological polar surface area (TPSA) is 56.3 Å². The molecule has 0 aliphatic carbocycles. The molecular formula is C13H21N3O2. The average molecular weight is 251 g/mol. The Labute approximate surface area is 108 Å². The van der Waals surface area contributed by atoms with Crippen molar-refractivity contribution in [3.05, 3.63) is 11.9 Å². The number of unbranched alkanes of at least 4 members (excludes halogenated alkanes) is 1. The SMILES string of the molecule is CCCCOc1cc(NC)nc(C2CCCO2)n1. The number of aromatic nitrogens is 2. The first-order chi connectivity index (χ1) is 8.83. The summed E-state index contributed by atoms with van der Waals surface area (Å²) in [6.07, 6.45) is 4.23. The first-order valence-corrected chi connectivity index (χ1v) is 6.64. The number of nitrogens with one attached hydrogen (secondary N) is 1. The Bertz CT molecular complexity index is 378. The third-order valence-electron chi connectivity index (χ3n) is 2.94. The second-order valence-electron chi connectivity index (χ2n) is 4.40. The molecule has 1 aliphatic rings. The van der Waals surface area contributed by atoms with E-state index in [2.05, 4.69) is 22.2 Å². The fourth-order valence-electron chi connectivity index (χ4n) is 1.89. The molecule has 2 heterocycles. The lowest BCUT2D eigenvalue weighted by molar-refractivity contribution is 0.104. The molecule has 1 aliphatic heterocycles. The molecule has 5 nitrogen and oxygen atoms in total. The van der Waals surface area contributed by atoms with Gasteiger partial charge in [-0.05, 0) is 19.3 Å². The Kier molecular flexibility index (Phi) is 4.75. The van der Waals surface area contributed by atoms with Crippen molar-refractivity contribution in [2.75, 3.05) is 25.6 Å². The molecule has 2 rings (SSSR count). The molecule has 100 valence electrons. The smallest absolute Gasteiger partial charge is 0.218 e. The molecule has 1 N–H and O–H groups in total. The van der Waals surface area contributed by atoms with Crippen LogP contribution in [0.4, 0.5) is 5.82 Å². The summed E-state index contributed by atoms with van der Waals surface area (Å²) in [5, 5.41) is 3.03. The van der Waals surface area contributed by atoms with E-state index in [1.165, 1.54) is 0 Å². The maximum atomic E-state index is 5.64. The number of hydrogen-bond donors (Lipinski definition) is 1. The van der Waals surface area contributed by atoms with E-state index in [1.54, 1.807) is 0 Å². The monoisotopic (exact) mass is 251 g/mol. The Morgan fingerprint density at radius 2 is 2.39 bits per heavy atom. The Hall–Kier alpha value is -1.36. The molecule has 1 saturated heterocycles. The summed E-state index contributed by atoms with van der Waals surface area (Å²) in [5.41, 5.74) is 0. The summed E-state index contributed by atoms with van der Waals surface area (Å²) in [7, 11) is 1.84. The van der Waals surface area contributed by atoms with Crippen LogP contribution in [0.25, 0.3) is 0 Å². The molecule has 1 fully saturated rings. The number of hydrogen-bond acceptors (Lipinski definition) is 5. The minimum Gasteiger partial charge on any atom is -0.478 e. The van der Waals surface area contributed by atoms with E-state index in [4.69, 9.17) is 9.47 Å². The fraction of sp³-hybridized carbons (Fsp3) is 0.692. The quantitative estimate of drug-likeness (QED) is 0.787. The number of ether oxygens (including phenoxy) is 2. The van der Waals surface area contributed by atoms with Crippen LogP contribution in [0.1, 0.15) is 44.5 Å². The Morgan fingerprint density at radius 1 is 1.50 bits per heavy atom. The van der Waals surface area contributed by atoms with Crippen molar-refractivity contribution in [1.29, 1.82) is 0 Å². The van der Waals surface area contributed by atoms with Gasteiger partial charge in [-0.2, -0.15) is 4.98 Å². The summed E-state index contributed by atoms with van der Waals surface area (Å²) in [6, 6.07) is 1.83. The van der Waals surface area contributed by atoms with Gasteiger partial charge in [-0.3, -0.25) is 0 Å². The highest BCUT2D eigenvalue weighted by molar-refractivity contribution is 5.38. The van der Waals surface area contributed by atoms with Gasteiger partial charge >= 0.3 is 0 Å². The van der Waals surface area contributed by atoms with Crippen LogP contribution in [-0.4, -0.2) is 30.2 Å². The van der Waals surface area contributed by atoms with E-state index < -0.39 is 0 Å². The third kappa shape index (κ3) is 3.32. The van der Waals surface area contributed by atoms with Crippen molar-refractivity contribution < 1.29 is 9.47 Å². The van der Waals surface area contributed by atoms with Crippen LogP contribution in [0.2, 0.25) is 0 Å². The number of nitrogens with zero attached hydrogens (tertiary/aromatic N) is 2.